The maximum Gasteiger partial charge on any atom is 0.435 e. The van der Waals surface area contributed by atoms with Gasteiger partial charge in [0, 0.05) is 4.88 Å². The summed E-state index contributed by atoms with van der Waals surface area (Å²) in [5, 5.41) is 9.36. The van der Waals surface area contributed by atoms with Crippen molar-refractivity contribution in [1.82, 2.24) is 9.38 Å². The lowest BCUT2D eigenvalue weighted by Crippen LogP contribution is -2.14. The monoisotopic (exact) mass is 384 g/mol. The summed E-state index contributed by atoms with van der Waals surface area (Å²) in [6, 6.07) is 6.76. The number of aryl methyl sites for hydroxylation is 1. The molecule has 0 radical (unpaired) electrons. The number of fused-ring (bicyclic) bond motifs is 1. The van der Waals surface area contributed by atoms with Crippen molar-refractivity contribution in [2.75, 3.05) is 0 Å². The highest BCUT2D eigenvalue weighted by atomic mass is 32.1. The van der Waals surface area contributed by atoms with Crippen LogP contribution in [0.5, 0.6) is 5.75 Å². The molecule has 3 rings (SSSR count). The second-order valence-electron chi connectivity index (χ2n) is 5.93. The van der Waals surface area contributed by atoms with Crippen molar-refractivity contribution in [3.63, 3.8) is 0 Å². The SMILES string of the molecule is Cc1sc2nc(C(F)(F)F)c(C(=O)O)n2c1-c1ccc(OC(C)C)cc1. The van der Waals surface area contributed by atoms with Gasteiger partial charge in [-0.2, -0.15) is 13.2 Å². The largest absolute Gasteiger partial charge is 0.491 e. The number of carboxylic acids is 1. The summed E-state index contributed by atoms with van der Waals surface area (Å²) in [4.78, 5) is 15.7. The number of thiazole rings is 1. The first-order chi connectivity index (χ1) is 12.1. The van der Waals surface area contributed by atoms with Crippen LogP contribution in [0.25, 0.3) is 16.2 Å². The molecule has 1 aromatic carbocycles. The quantitative estimate of drug-likeness (QED) is 0.697. The van der Waals surface area contributed by atoms with E-state index in [1.807, 2.05) is 13.8 Å². The van der Waals surface area contributed by atoms with Gasteiger partial charge in [-0.25, -0.2) is 9.78 Å². The van der Waals surface area contributed by atoms with Crippen molar-refractivity contribution in [2.45, 2.75) is 33.1 Å². The first kappa shape index (κ1) is 18.2. The Balaban J connectivity index is 2.21. The summed E-state index contributed by atoms with van der Waals surface area (Å²) in [6.07, 6.45) is -4.86. The van der Waals surface area contributed by atoms with E-state index < -0.39 is 23.5 Å². The van der Waals surface area contributed by atoms with Crippen LogP contribution >= 0.6 is 11.3 Å². The number of ether oxygens (including phenoxy) is 1. The zero-order valence-electron chi connectivity index (χ0n) is 14.1. The number of benzene rings is 1. The summed E-state index contributed by atoms with van der Waals surface area (Å²) >= 11 is 1.01. The molecule has 138 valence electrons. The van der Waals surface area contributed by atoms with E-state index in [1.165, 1.54) is 0 Å². The molecule has 0 amide bonds. The first-order valence-corrected chi connectivity index (χ1v) is 8.50. The lowest BCUT2D eigenvalue weighted by atomic mass is 10.1. The number of carboxylic acid groups (broad SMARTS) is 1. The normalized spacial score (nSPS) is 12.1. The maximum atomic E-state index is 13.2. The first-order valence-electron chi connectivity index (χ1n) is 7.69. The highest BCUT2D eigenvalue weighted by Gasteiger charge is 2.41. The Morgan fingerprint density at radius 2 is 1.88 bits per heavy atom. The molecule has 9 heteroatoms. The van der Waals surface area contributed by atoms with Gasteiger partial charge in [-0.05, 0) is 50.6 Å². The van der Waals surface area contributed by atoms with Crippen LogP contribution < -0.4 is 4.74 Å². The lowest BCUT2D eigenvalue weighted by Gasteiger charge is -2.11. The predicted molar refractivity (Wildman–Crippen MR) is 91.0 cm³/mol. The van der Waals surface area contributed by atoms with E-state index in [-0.39, 0.29) is 11.1 Å². The van der Waals surface area contributed by atoms with Crippen molar-refractivity contribution in [3.05, 3.63) is 40.5 Å². The molecule has 0 saturated heterocycles. The van der Waals surface area contributed by atoms with Crippen molar-refractivity contribution in [2.24, 2.45) is 0 Å². The molecule has 2 aromatic heterocycles. The molecule has 0 aliphatic rings. The van der Waals surface area contributed by atoms with Gasteiger partial charge in [0.2, 0.25) is 0 Å². The molecule has 0 aliphatic heterocycles. The number of hydrogen-bond donors (Lipinski definition) is 1. The number of hydrogen-bond acceptors (Lipinski definition) is 4. The van der Waals surface area contributed by atoms with E-state index in [1.54, 1.807) is 31.2 Å². The number of aromatic carboxylic acids is 1. The third kappa shape index (κ3) is 3.14. The Bertz CT molecular complexity index is 972. The average Bonchev–Trinajstić information content (AvgIpc) is 3.02. The summed E-state index contributed by atoms with van der Waals surface area (Å²) < 4.78 is 46.2. The minimum absolute atomic E-state index is 0.00951. The van der Waals surface area contributed by atoms with Gasteiger partial charge < -0.3 is 9.84 Å². The van der Waals surface area contributed by atoms with Crippen LogP contribution in [0.4, 0.5) is 13.2 Å². The number of nitrogens with zero attached hydrogens (tertiary/aromatic N) is 2. The zero-order valence-corrected chi connectivity index (χ0v) is 14.9. The number of carbonyl (C=O) groups is 1. The van der Waals surface area contributed by atoms with Crippen molar-refractivity contribution in [1.29, 1.82) is 0 Å². The van der Waals surface area contributed by atoms with Gasteiger partial charge in [0.05, 0.1) is 11.8 Å². The maximum absolute atomic E-state index is 13.2. The van der Waals surface area contributed by atoms with E-state index >= 15 is 0 Å². The van der Waals surface area contributed by atoms with Gasteiger partial charge in [0.1, 0.15) is 5.75 Å². The fraction of sp³-hybridized carbons (Fsp3) is 0.294. The lowest BCUT2D eigenvalue weighted by molar-refractivity contribution is -0.141. The number of rotatable bonds is 4. The standard InChI is InChI=1S/C17H15F3N2O3S/c1-8(2)25-11-6-4-10(5-7-11)12-9(3)26-16-21-14(17(18,19)20)13(15(23)24)22(12)16/h4-8H,1-3H3,(H,23,24). The molecular weight excluding hydrogens is 369 g/mol. The Morgan fingerprint density at radius 1 is 1.27 bits per heavy atom. The van der Waals surface area contributed by atoms with Crippen LogP contribution in [0.3, 0.4) is 0 Å². The Morgan fingerprint density at radius 3 is 2.38 bits per heavy atom. The minimum atomic E-state index is -4.85. The zero-order chi connectivity index (χ0) is 19.2. The molecule has 2 heterocycles. The molecular formula is C17H15F3N2O3S. The van der Waals surface area contributed by atoms with Gasteiger partial charge in [-0.3, -0.25) is 4.40 Å². The van der Waals surface area contributed by atoms with Crippen molar-refractivity contribution >= 4 is 22.3 Å². The van der Waals surface area contributed by atoms with Gasteiger partial charge in [0.15, 0.2) is 16.3 Å². The average molecular weight is 384 g/mol. The summed E-state index contributed by atoms with van der Waals surface area (Å²) in [5.74, 6) is -1.06. The van der Waals surface area contributed by atoms with E-state index in [4.69, 9.17) is 4.74 Å². The van der Waals surface area contributed by atoms with Crippen LogP contribution in [0, 0.1) is 6.92 Å². The van der Waals surface area contributed by atoms with Gasteiger partial charge in [-0.15, -0.1) is 11.3 Å². The molecule has 0 fully saturated rings. The van der Waals surface area contributed by atoms with Gasteiger partial charge >= 0.3 is 12.1 Å². The molecule has 0 unspecified atom stereocenters. The molecule has 26 heavy (non-hydrogen) atoms. The highest BCUT2D eigenvalue weighted by Crippen LogP contribution is 2.38. The van der Waals surface area contributed by atoms with E-state index in [9.17, 15) is 23.1 Å². The Hall–Kier alpha value is -2.55. The Labute approximate surface area is 150 Å². The van der Waals surface area contributed by atoms with Crippen LogP contribution in [0.2, 0.25) is 0 Å². The predicted octanol–water partition coefficient (Wildman–Crippen LogP) is 4.88. The third-order valence-corrected chi connectivity index (χ3v) is 4.57. The van der Waals surface area contributed by atoms with E-state index in [0.717, 1.165) is 15.7 Å². The smallest absolute Gasteiger partial charge is 0.435 e. The van der Waals surface area contributed by atoms with Crippen LogP contribution in [-0.4, -0.2) is 26.6 Å². The summed E-state index contributed by atoms with van der Waals surface area (Å²) in [5.41, 5.74) is -1.31. The summed E-state index contributed by atoms with van der Waals surface area (Å²) in [7, 11) is 0. The second kappa shape index (κ2) is 6.31. The van der Waals surface area contributed by atoms with E-state index in [2.05, 4.69) is 4.98 Å². The second-order valence-corrected chi connectivity index (χ2v) is 7.11. The minimum Gasteiger partial charge on any atom is -0.491 e. The van der Waals surface area contributed by atoms with Crippen molar-refractivity contribution < 1.29 is 27.8 Å². The third-order valence-electron chi connectivity index (χ3n) is 3.62. The van der Waals surface area contributed by atoms with Gasteiger partial charge in [0.25, 0.3) is 0 Å². The van der Waals surface area contributed by atoms with Crippen LogP contribution in [-0.2, 0) is 6.18 Å². The molecule has 3 aromatic rings. The fourth-order valence-corrected chi connectivity index (χ4v) is 3.70. The topological polar surface area (TPSA) is 63.8 Å². The van der Waals surface area contributed by atoms with Gasteiger partial charge in [-0.1, -0.05) is 0 Å². The summed E-state index contributed by atoms with van der Waals surface area (Å²) in [6.45, 7) is 5.47. The molecule has 0 saturated carbocycles. The molecule has 0 bridgehead atoms. The molecule has 0 aliphatic carbocycles. The molecule has 5 nitrogen and oxygen atoms in total. The van der Waals surface area contributed by atoms with E-state index in [0.29, 0.717) is 21.9 Å². The number of aromatic nitrogens is 2. The van der Waals surface area contributed by atoms with Crippen molar-refractivity contribution in [3.8, 4) is 17.0 Å². The van der Waals surface area contributed by atoms with Crippen LogP contribution in [0.15, 0.2) is 24.3 Å². The molecule has 0 spiro atoms. The molecule has 1 N–H and O–H groups in total. The number of halogens is 3. The number of imidazole rings is 1. The number of alkyl halides is 3. The highest BCUT2D eigenvalue weighted by molar-refractivity contribution is 7.17. The fourth-order valence-electron chi connectivity index (χ4n) is 2.71. The molecule has 0 atom stereocenters. The Kier molecular flexibility index (Phi) is 4.43. The van der Waals surface area contributed by atoms with Crippen LogP contribution in [0.1, 0.15) is 34.9 Å².